The number of ether oxygens (including phenoxy) is 1. The summed E-state index contributed by atoms with van der Waals surface area (Å²) in [5.74, 6) is -0.852. The second-order valence-electron chi connectivity index (χ2n) is 2.95. The smallest absolute Gasteiger partial charge is 0.374 e. The van der Waals surface area contributed by atoms with Gasteiger partial charge in [-0.1, -0.05) is 0 Å². The van der Waals surface area contributed by atoms with Crippen molar-refractivity contribution >= 4 is 11.8 Å². The van der Waals surface area contributed by atoms with E-state index < -0.39 is 11.8 Å². The molecule has 0 aliphatic rings. The fourth-order valence-electron chi connectivity index (χ4n) is 1.11. The number of carbonyl (C=O) groups is 2. The van der Waals surface area contributed by atoms with Crippen LogP contribution < -0.4 is 0 Å². The number of Topliss-reactive ketones (excluding diaryl/α,β-unsaturated/α-hetero) is 1. The molecular weight excluding hydrogens is 212 g/mol. The van der Waals surface area contributed by atoms with Gasteiger partial charge in [-0.3, -0.25) is 4.79 Å². The molecule has 0 bridgehead atoms. The molecule has 16 heavy (non-hydrogen) atoms. The van der Waals surface area contributed by atoms with Crippen molar-refractivity contribution < 1.29 is 23.2 Å². The molecule has 2 heterocycles. The van der Waals surface area contributed by atoms with Gasteiger partial charge in [0.15, 0.2) is 12.4 Å². The van der Waals surface area contributed by atoms with E-state index in [2.05, 4.69) is 0 Å². The molecule has 0 saturated heterocycles. The summed E-state index contributed by atoms with van der Waals surface area (Å²) >= 11 is 0. The van der Waals surface area contributed by atoms with Gasteiger partial charge in [-0.2, -0.15) is 0 Å². The molecule has 0 aromatic carbocycles. The fraction of sp³-hybridized carbons (Fsp3) is 0.0909. The van der Waals surface area contributed by atoms with Crippen LogP contribution in [0.1, 0.15) is 21.1 Å². The highest BCUT2D eigenvalue weighted by atomic mass is 16.5. The zero-order valence-electron chi connectivity index (χ0n) is 8.21. The third-order valence-corrected chi connectivity index (χ3v) is 1.85. The lowest BCUT2D eigenvalue weighted by atomic mass is 10.3. The average molecular weight is 220 g/mol. The number of ketones is 1. The summed E-state index contributed by atoms with van der Waals surface area (Å²) in [6, 6.07) is 6.11. The zero-order valence-corrected chi connectivity index (χ0v) is 8.21. The van der Waals surface area contributed by atoms with Crippen molar-refractivity contribution in [3.63, 3.8) is 0 Å². The normalized spacial score (nSPS) is 10.0. The minimum atomic E-state index is -0.676. The highest BCUT2D eigenvalue weighted by Crippen LogP contribution is 2.05. The summed E-state index contributed by atoms with van der Waals surface area (Å²) in [6.45, 7) is -0.368. The van der Waals surface area contributed by atoms with Crippen molar-refractivity contribution in [2.24, 2.45) is 0 Å². The lowest BCUT2D eigenvalue weighted by Crippen LogP contribution is -2.13. The molecule has 5 nitrogen and oxygen atoms in total. The molecule has 0 atom stereocenters. The van der Waals surface area contributed by atoms with Crippen LogP contribution in [0.5, 0.6) is 0 Å². The van der Waals surface area contributed by atoms with Gasteiger partial charge in [-0.15, -0.1) is 0 Å². The van der Waals surface area contributed by atoms with Gasteiger partial charge in [-0.05, 0) is 24.3 Å². The Labute approximate surface area is 90.6 Å². The van der Waals surface area contributed by atoms with Gasteiger partial charge < -0.3 is 13.6 Å². The van der Waals surface area contributed by atoms with Crippen LogP contribution in [-0.2, 0) is 4.74 Å². The number of furan rings is 2. The van der Waals surface area contributed by atoms with Crippen molar-refractivity contribution in [2.75, 3.05) is 6.61 Å². The highest BCUT2D eigenvalue weighted by Gasteiger charge is 2.14. The molecule has 0 spiro atoms. The molecule has 0 aliphatic heterocycles. The van der Waals surface area contributed by atoms with E-state index in [1.807, 2.05) is 0 Å². The van der Waals surface area contributed by atoms with Crippen molar-refractivity contribution in [2.45, 2.75) is 0 Å². The average Bonchev–Trinajstić information content (AvgIpc) is 2.95. The van der Waals surface area contributed by atoms with Crippen molar-refractivity contribution in [3.8, 4) is 0 Å². The van der Waals surface area contributed by atoms with Gasteiger partial charge in [0.2, 0.25) is 11.5 Å². The van der Waals surface area contributed by atoms with Crippen LogP contribution in [0.4, 0.5) is 0 Å². The minimum Gasteiger partial charge on any atom is -0.461 e. The third kappa shape index (κ3) is 2.20. The molecule has 0 unspecified atom stereocenters. The van der Waals surface area contributed by atoms with Crippen LogP contribution in [0.15, 0.2) is 45.6 Å². The lowest BCUT2D eigenvalue weighted by molar-refractivity contribution is 0.0437. The number of esters is 1. The van der Waals surface area contributed by atoms with Gasteiger partial charge in [0, 0.05) is 0 Å². The van der Waals surface area contributed by atoms with Crippen LogP contribution >= 0.6 is 0 Å². The van der Waals surface area contributed by atoms with E-state index in [-0.39, 0.29) is 18.1 Å². The van der Waals surface area contributed by atoms with Crippen LogP contribution in [0.3, 0.4) is 0 Å². The quantitative estimate of drug-likeness (QED) is 0.581. The predicted octanol–water partition coefficient (Wildman–Crippen LogP) is 1.91. The Morgan fingerprint density at radius 1 is 1.06 bits per heavy atom. The maximum Gasteiger partial charge on any atom is 0.374 e. The Hall–Kier alpha value is -2.30. The second kappa shape index (κ2) is 4.48. The van der Waals surface area contributed by atoms with Gasteiger partial charge in [0.25, 0.3) is 0 Å². The molecule has 2 rings (SSSR count). The fourth-order valence-corrected chi connectivity index (χ4v) is 1.11. The molecule has 0 N–H and O–H groups in total. The first-order valence-corrected chi connectivity index (χ1v) is 4.54. The molecule has 2 aromatic heterocycles. The van der Waals surface area contributed by atoms with E-state index in [4.69, 9.17) is 13.6 Å². The summed E-state index contributed by atoms with van der Waals surface area (Å²) in [5, 5.41) is 0. The van der Waals surface area contributed by atoms with Crippen LogP contribution in [-0.4, -0.2) is 18.4 Å². The summed E-state index contributed by atoms with van der Waals surface area (Å²) in [4.78, 5) is 22.7. The molecule has 82 valence electrons. The molecule has 0 radical (unpaired) electrons. The number of rotatable bonds is 4. The molecule has 2 aromatic rings. The molecule has 0 saturated carbocycles. The van der Waals surface area contributed by atoms with Crippen molar-refractivity contribution in [1.82, 2.24) is 0 Å². The van der Waals surface area contributed by atoms with E-state index in [0.29, 0.717) is 0 Å². The maximum atomic E-state index is 11.4. The topological polar surface area (TPSA) is 69.7 Å². The number of carbonyl (C=O) groups excluding carboxylic acids is 2. The standard InChI is InChI=1S/C11H8O5/c12-8(9-3-1-5-14-9)7-16-11(13)10-4-2-6-15-10/h1-6H,7H2. The third-order valence-electron chi connectivity index (χ3n) is 1.85. The Morgan fingerprint density at radius 2 is 1.69 bits per heavy atom. The summed E-state index contributed by atoms with van der Waals surface area (Å²) in [7, 11) is 0. The first-order valence-electron chi connectivity index (χ1n) is 4.54. The highest BCUT2D eigenvalue weighted by molar-refractivity contribution is 5.96. The van der Waals surface area contributed by atoms with E-state index in [9.17, 15) is 9.59 Å². The Kier molecular flexibility index (Phi) is 2.86. The largest absolute Gasteiger partial charge is 0.461 e. The summed E-state index contributed by atoms with van der Waals surface area (Å²) in [6.07, 6.45) is 2.73. The molecular formula is C11H8O5. The first-order chi connectivity index (χ1) is 7.77. The number of hydrogen-bond acceptors (Lipinski definition) is 5. The first kappa shape index (κ1) is 10.2. The van der Waals surface area contributed by atoms with Crippen LogP contribution in [0.25, 0.3) is 0 Å². The monoisotopic (exact) mass is 220 g/mol. The van der Waals surface area contributed by atoms with E-state index in [1.165, 1.54) is 24.7 Å². The number of hydrogen-bond donors (Lipinski definition) is 0. The van der Waals surface area contributed by atoms with E-state index >= 15 is 0 Å². The molecule has 0 amide bonds. The zero-order chi connectivity index (χ0) is 11.4. The van der Waals surface area contributed by atoms with E-state index in [1.54, 1.807) is 12.1 Å². The molecule has 0 aliphatic carbocycles. The van der Waals surface area contributed by atoms with Crippen molar-refractivity contribution in [1.29, 1.82) is 0 Å². The SMILES string of the molecule is O=C(COC(=O)c1ccco1)c1ccco1. The maximum absolute atomic E-state index is 11.4. The van der Waals surface area contributed by atoms with Gasteiger partial charge in [0.05, 0.1) is 12.5 Å². The predicted molar refractivity (Wildman–Crippen MR) is 52.0 cm³/mol. The van der Waals surface area contributed by atoms with Gasteiger partial charge >= 0.3 is 5.97 Å². The van der Waals surface area contributed by atoms with Crippen LogP contribution in [0.2, 0.25) is 0 Å². The van der Waals surface area contributed by atoms with Crippen LogP contribution in [0, 0.1) is 0 Å². The lowest BCUT2D eigenvalue weighted by Gasteiger charge is -1.99. The summed E-state index contributed by atoms with van der Waals surface area (Å²) in [5.41, 5.74) is 0. The minimum absolute atomic E-state index is 0.0623. The molecule has 5 heteroatoms. The summed E-state index contributed by atoms with van der Waals surface area (Å²) < 4.78 is 14.4. The van der Waals surface area contributed by atoms with Gasteiger partial charge in [-0.25, -0.2) is 4.79 Å². The Morgan fingerprint density at radius 3 is 2.25 bits per heavy atom. The Balaban J connectivity index is 1.89. The second-order valence-corrected chi connectivity index (χ2v) is 2.95. The van der Waals surface area contributed by atoms with Crippen molar-refractivity contribution in [3.05, 3.63) is 48.3 Å². The van der Waals surface area contributed by atoms with Gasteiger partial charge in [0.1, 0.15) is 0 Å². The Bertz CT molecular complexity index is 420. The molecule has 0 fully saturated rings. The van der Waals surface area contributed by atoms with E-state index in [0.717, 1.165) is 0 Å².